The summed E-state index contributed by atoms with van der Waals surface area (Å²) >= 11 is 0. The molecule has 2 aromatic rings. The van der Waals surface area contributed by atoms with Gasteiger partial charge in [-0.1, -0.05) is 0 Å². The van der Waals surface area contributed by atoms with Crippen LogP contribution in [0.25, 0.3) is 10.9 Å². The topological polar surface area (TPSA) is 94.9 Å². The van der Waals surface area contributed by atoms with Gasteiger partial charge in [-0.25, -0.2) is 9.97 Å². The number of anilines is 1. The predicted octanol–water partition coefficient (Wildman–Crippen LogP) is 1.43. The SMILES string of the molecule is Cc1nc(N)c2cc([N+](=O)[O-])ccc2n1. The van der Waals surface area contributed by atoms with Crippen LogP contribution in [-0.2, 0) is 0 Å². The van der Waals surface area contributed by atoms with E-state index in [1.807, 2.05) is 0 Å². The predicted molar refractivity (Wildman–Crippen MR) is 55.3 cm³/mol. The number of nitrogens with two attached hydrogens (primary N) is 1. The molecule has 6 heteroatoms. The van der Waals surface area contributed by atoms with Crippen molar-refractivity contribution in [3.05, 3.63) is 34.1 Å². The molecule has 0 aliphatic rings. The minimum absolute atomic E-state index is 0.0124. The van der Waals surface area contributed by atoms with Crippen molar-refractivity contribution in [3.8, 4) is 0 Å². The van der Waals surface area contributed by atoms with Crippen LogP contribution in [0.3, 0.4) is 0 Å². The molecule has 0 atom stereocenters. The van der Waals surface area contributed by atoms with Gasteiger partial charge in [-0.15, -0.1) is 0 Å². The number of nitrogen functional groups attached to an aromatic ring is 1. The maximum Gasteiger partial charge on any atom is 0.270 e. The van der Waals surface area contributed by atoms with E-state index in [0.29, 0.717) is 16.7 Å². The van der Waals surface area contributed by atoms with Gasteiger partial charge in [0.2, 0.25) is 0 Å². The largest absolute Gasteiger partial charge is 0.383 e. The number of nitro benzene ring substituents is 1. The molecule has 1 heterocycles. The second-order valence-corrected chi connectivity index (χ2v) is 3.11. The van der Waals surface area contributed by atoms with Crippen LogP contribution in [0, 0.1) is 17.0 Å². The maximum atomic E-state index is 10.5. The third-order valence-electron chi connectivity index (χ3n) is 2.03. The van der Waals surface area contributed by atoms with Crippen LogP contribution in [0.2, 0.25) is 0 Å². The molecule has 0 radical (unpaired) electrons. The summed E-state index contributed by atoms with van der Waals surface area (Å²) < 4.78 is 0. The normalized spacial score (nSPS) is 10.5. The van der Waals surface area contributed by atoms with Gasteiger partial charge in [0.15, 0.2) is 0 Å². The third-order valence-corrected chi connectivity index (χ3v) is 2.03. The Balaban J connectivity index is 2.76. The summed E-state index contributed by atoms with van der Waals surface area (Å²) in [6.45, 7) is 1.72. The second kappa shape index (κ2) is 3.16. The lowest BCUT2D eigenvalue weighted by atomic mass is 10.2. The van der Waals surface area contributed by atoms with Gasteiger partial charge in [-0.05, 0) is 13.0 Å². The first-order valence-electron chi connectivity index (χ1n) is 4.26. The number of fused-ring (bicyclic) bond motifs is 1. The molecule has 0 saturated heterocycles. The van der Waals surface area contributed by atoms with Crippen molar-refractivity contribution >= 4 is 22.4 Å². The summed E-state index contributed by atoms with van der Waals surface area (Å²) in [5.74, 6) is 0.815. The van der Waals surface area contributed by atoms with Crippen molar-refractivity contribution in [2.45, 2.75) is 6.92 Å². The van der Waals surface area contributed by atoms with Gasteiger partial charge in [0, 0.05) is 17.5 Å². The fourth-order valence-electron chi connectivity index (χ4n) is 1.37. The molecule has 2 rings (SSSR count). The van der Waals surface area contributed by atoms with E-state index in [1.54, 1.807) is 13.0 Å². The molecular formula is C9H8N4O2. The Labute approximate surface area is 84.9 Å². The van der Waals surface area contributed by atoms with Gasteiger partial charge in [-0.2, -0.15) is 0 Å². The van der Waals surface area contributed by atoms with Gasteiger partial charge in [0.1, 0.15) is 11.6 Å². The highest BCUT2D eigenvalue weighted by Crippen LogP contribution is 2.22. The second-order valence-electron chi connectivity index (χ2n) is 3.11. The minimum Gasteiger partial charge on any atom is -0.383 e. The number of nitro groups is 1. The number of aryl methyl sites for hydroxylation is 1. The molecule has 0 spiro atoms. The van der Waals surface area contributed by atoms with E-state index in [2.05, 4.69) is 9.97 Å². The summed E-state index contributed by atoms with van der Waals surface area (Å²) in [6, 6.07) is 4.34. The first-order valence-corrected chi connectivity index (χ1v) is 4.26. The van der Waals surface area contributed by atoms with E-state index in [0.717, 1.165) is 0 Å². The molecule has 0 fully saturated rings. The zero-order chi connectivity index (χ0) is 11.0. The Morgan fingerprint density at radius 1 is 1.40 bits per heavy atom. The number of hydrogen-bond acceptors (Lipinski definition) is 5. The van der Waals surface area contributed by atoms with Crippen LogP contribution in [0.5, 0.6) is 0 Å². The van der Waals surface area contributed by atoms with Crippen molar-refractivity contribution in [1.82, 2.24) is 9.97 Å². The van der Waals surface area contributed by atoms with Crippen LogP contribution in [0.1, 0.15) is 5.82 Å². The fourth-order valence-corrected chi connectivity index (χ4v) is 1.37. The van der Waals surface area contributed by atoms with Gasteiger partial charge in [-0.3, -0.25) is 10.1 Å². The van der Waals surface area contributed by atoms with E-state index in [1.165, 1.54) is 12.1 Å². The Morgan fingerprint density at radius 2 is 2.13 bits per heavy atom. The van der Waals surface area contributed by atoms with Gasteiger partial charge < -0.3 is 5.73 Å². The first kappa shape index (κ1) is 9.32. The van der Waals surface area contributed by atoms with Crippen LogP contribution in [-0.4, -0.2) is 14.9 Å². The summed E-state index contributed by atoms with van der Waals surface area (Å²) in [5.41, 5.74) is 6.26. The molecule has 0 saturated carbocycles. The lowest BCUT2D eigenvalue weighted by molar-refractivity contribution is -0.384. The number of hydrogen-bond donors (Lipinski definition) is 1. The molecule has 2 N–H and O–H groups in total. The monoisotopic (exact) mass is 204 g/mol. The molecule has 0 bridgehead atoms. The smallest absolute Gasteiger partial charge is 0.270 e. The Bertz CT molecular complexity index is 553. The molecule has 0 unspecified atom stereocenters. The molecular weight excluding hydrogens is 196 g/mol. The molecule has 15 heavy (non-hydrogen) atoms. The lowest BCUT2D eigenvalue weighted by Gasteiger charge is -2.01. The molecule has 0 aliphatic heterocycles. The third kappa shape index (κ3) is 1.56. The summed E-state index contributed by atoms with van der Waals surface area (Å²) in [5, 5.41) is 11.1. The highest BCUT2D eigenvalue weighted by Gasteiger charge is 2.09. The van der Waals surface area contributed by atoms with Crippen molar-refractivity contribution in [2.24, 2.45) is 0 Å². The van der Waals surface area contributed by atoms with Crippen LogP contribution < -0.4 is 5.73 Å². The van der Waals surface area contributed by atoms with Crippen LogP contribution in [0.15, 0.2) is 18.2 Å². The number of non-ortho nitro benzene ring substituents is 1. The highest BCUT2D eigenvalue weighted by molar-refractivity contribution is 5.89. The molecule has 0 aliphatic carbocycles. The molecule has 6 nitrogen and oxygen atoms in total. The number of rotatable bonds is 1. The molecule has 76 valence electrons. The Morgan fingerprint density at radius 3 is 2.80 bits per heavy atom. The van der Waals surface area contributed by atoms with Crippen LogP contribution >= 0.6 is 0 Å². The molecule has 1 aromatic heterocycles. The van der Waals surface area contributed by atoms with Crippen molar-refractivity contribution in [2.75, 3.05) is 5.73 Å². The number of benzene rings is 1. The van der Waals surface area contributed by atoms with Gasteiger partial charge in [0.25, 0.3) is 5.69 Å². The standard InChI is InChI=1S/C9H8N4O2/c1-5-11-8-3-2-6(13(14)15)4-7(8)9(10)12-5/h2-4H,1H3,(H2,10,11,12). The Kier molecular flexibility index (Phi) is 1.96. The minimum atomic E-state index is -0.473. The highest BCUT2D eigenvalue weighted by atomic mass is 16.6. The maximum absolute atomic E-state index is 10.5. The lowest BCUT2D eigenvalue weighted by Crippen LogP contribution is -1.98. The summed E-state index contributed by atoms with van der Waals surface area (Å²) in [4.78, 5) is 18.1. The Hall–Kier alpha value is -2.24. The summed E-state index contributed by atoms with van der Waals surface area (Å²) in [6.07, 6.45) is 0. The van der Waals surface area contributed by atoms with Crippen molar-refractivity contribution in [3.63, 3.8) is 0 Å². The molecule has 0 amide bonds. The number of nitrogens with zero attached hydrogens (tertiary/aromatic N) is 3. The van der Waals surface area contributed by atoms with Gasteiger partial charge in [0.05, 0.1) is 10.4 Å². The zero-order valence-corrected chi connectivity index (χ0v) is 7.97. The van der Waals surface area contributed by atoms with Gasteiger partial charge >= 0.3 is 0 Å². The van der Waals surface area contributed by atoms with E-state index in [-0.39, 0.29) is 11.5 Å². The van der Waals surface area contributed by atoms with E-state index in [9.17, 15) is 10.1 Å². The van der Waals surface area contributed by atoms with E-state index < -0.39 is 4.92 Å². The van der Waals surface area contributed by atoms with E-state index in [4.69, 9.17) is 5.73 Å². The zero-order valence-electron chi connectivity index (χ0n) is 7.97. The first-order chi connectivity index (χ1) is 7.08. The average molecular weight is 204 g/mol. The average Bonchev–Trinajstić information content (AvgIpc) is 2.16. The quantitative estimate of drug-likeness (QED) is 0.560. The number of aromatic nitrogens is 2. The van der Waals surface area contributed by atoms with Crippen molar-refractivity contribution in [1.29, 1.82) is 0 Å². The van der Waals surface area contributed by atoms with E-state index >= 15 is 0 Å². The fraction of sp³-hybridized carbons (Fsp3) is 0.111. The van der Waals surface area contributed by atoms with Crippen LogP contribution in [0.4, 0.5) is 11.5 Å². The van der Waals surface area contributed by atoms with Crippen molar-refractivity contribution < 1.29 is 4.92 Å². The molecule has 1 aromatic carbocycles. The summed E-state index contributed by atoms with van der Waals surface area (Å²) in [7, 11) is 0.